The van der Waals surface area contributed by atoms with Crippen LogP contribution in [0.15, 0.2) is 0 Å². The van der Waals surface area contributed by atoms with Crippen molar-refractivity contribution < 1.29 is 87.1 Å². The van der Waals surface area contributed by atoms with Crippen molar-refractivity contribution in [3.63, 3.8) is 0 Å². The van der Waals surface area contributed by atoms with E-state index in [9.17, 15) is 18.9 Å². The molecule has 0 aromatic rings. The number of rotatable bonds is 4. The average molecular weight is 264 g/mol. The Kier molecular flexibility index (Phi) is 37.3. The Balaban J connectivity index is -0.0000000625. The van der Waals surface area contributed by atoms with Crippen LogP contribution in [0, 0.1) is 0 Å². The summed E-state index contributed by atoms with van der Waals surface area (Å²) in [4.78, 5) is 18.9. The summed E-state index contributed by atoms with van der Waals surface area (Å²) < 4.78 is 27.0. The van der Waals surface area contributed by atoms with Crippen LogP contribution in [0.3, 0.4) is 0 Å². The number of hydrogen-bond acceptors (Lipinski definition) is 6. The van der Waals surface area contributed by atoms with E-state index in [1.165, 1.54) is 0 Å². The molecule has 0 amide bonds. The van der Waals surface area contributed by atoms with Gasteiger partial charge in [-0.1, -0.05) is 0 Å². The van der Waals surface area contributed by atoms with Gasteiger partial charge in [0.1, 0.15) is 16.5 Å². The Labute approximate surface area is 129 Å². The van der Waals surface area contributed by atoms with Gasteiger partial charge in [0.2, 0.25) is 0 Å². The molecule has 6 nitrogen and oxygen atoms in total. The standard InChI is InChI=1S/2C2H7O3P.2Na/c2*1-2-5-6(3)4;;/h2*6H,2H2,1H3,(H,3,4);;/q;;2*+1/p-2. The molecule has 10 heteroatoms. The first-order valence-corrected chi connectivity index (χ1v) is 5.67. The van der Waals surface area contributed by atoms with E-state index in [1.54, 1.807) is 13.8 Å². The maximum Gasteiger partial charge on any atom is 1.00 e. The SMILES string of the molecule is CCO[PH](=O)[O-].CCO[PH](=O)[O-].[Na+].[Na+]. The molecule has 0 aliphatic heterocycles. The summed E-state index contributed by atoms with van der Waals surface area (Å²) in [6, 6.07) is 0. The molecule has 14 heavy (non-hydrogen) atoms. The Morgan fingerprint density at radius 2 is 1.14 bits per heavy atom. The van der Waals surface area contributed by atoms with Gasteiger partial charge in [0.05, 0.1) is 0 Å². The van der Waals surface area contributed by atoms with Gasteiger partial charge in [-0.15, -0.1) is 0 Å². The minimum atomic E-state index is -2.89. The molecule has 2 unspecified atom stereocenters. The van der Waals surface area contributed by atoms with Crippen LogP contribution in [0.2, 0.25) is 0 Å². The topological polar surface area (TPSA) is 98.7 Å². The van der Waals surface area contributed by atoms with Gasteiger partial charge in [-0.25, -0.2) is 0 Å². The van der Waals surface area contributed by atoms with Crippen LogP contribution >= 0.6 is 16.5 Å². The molecule has 0 heterocycles. The van der Waals surface area contributed by atoms with Gasteiger partial charge in [0, 0.05) is 13.2 Å². The Morgan fingerprint density at radius 3 is 1.14 bits per heavy atom. The first kappa shape index (κ1) is 25.2. The summed E-state index contributed by atoms with van der Waals surface area (Å²) in [5.41, 5.74) is 0. The molecular formula is C4H12Na2O6P2. The molecule has 0 saturated carbocycles. The maximum atomic E-state index is 9.45. The van der Waals surface area contributed by atoms with Crippen LogP contribution < -0.4 is 68.9 Å². The smallest absolute Gasteiger partial charge is 0.781 e. The van der Waals surface area contributed by atoms with Crippen LogP contribution in [0.5, 0.6) is 0 Å². The fourth-order valence-corrected chi connectivity index (χ4v) is 0.707. The van der Waals surface area contributed by atoms with E-state index in [2.05, 4.69) is 9.05 Å². The van der Waals surface area contributed by atoms with Gasteiger partial charge >= 0.3 is 59.1 Å². The van der Waals surface area contributed by atoms with E-state index >= 15 is 0 Å². The zero-order chi connectivity index (χ0) is 9.98. The summed E-state index contributed by atoms with van der Waals surface area (Å²) >= 11 is 0. The van der Waals surface area contributed by atoms with E-state index in [1.807, 2.05) is 0 Å². The summed E-state index contributed by atoms with van der Waals surface area (Å²) in [7, 11) is -5.77. The van der Waals surface area contributed by atoms with Crippen molar-refractivity contribution >= 4 is 16.5 Å². The predicted octanol–water partition coefficient (Wildman–Crippen LogP) is -6.45. The summed E-state index contributed by atoms with van der Waals surface area (Å²) in [5.74, 6) is 0. The molecule has 0 aliphatic carbocycles. The van der Waals surface area contributed by atoms with E-state index in [0.717, 1.165) is 0 Å². The minimum Gasteiger partial charge on any atom is -0.781 e. The molecule has 0 N–H and O–H groups in total. The van der Waals surface area contributed by atoms with E-state index in [-0.39, 0.29) is 72.3 Å². The molecule has 76 valence electrons. The monoisotopic (exact) mass is 264 g/mol. The molecule has 0 bridgehead atoms. The van der Waals surface area contributed by atoms with Crippen molar-refractivity contribution in [2.24, 2.45) is 0 Å². The third kappa shape index (κ3) is 36.7. The van der Waals surface area contributed by atoms with Gasteiger partial charge in [-0.3, -0.25) is 0 Å². The first-order valence-electron chi connectivity index (χ1n) is 3.22. The molecule has 0 aromatic carbocycles. The zero-order valence-electron chi connectivity index (χ0n) is 8.86. The van der Waals surface area contributed by atoms with Crippen molar-refractivity contribution in [1.82, 2.24) is 0 Å². The second kappa shape index (κ2) is 20.7. The molecule has 2 atom stereocenters. The normalized spacial score (nSPS) is 12.3. The summed E-state index contributed by atoms with van der Waals surface area (Å²) in [6.45, 7) is 3.75. The summed E-state index contributed by atoms with van der Waals surface area (Å²) in [6.07, 6.45) is 0. The third-order valence-corrected chi connectivity index (χ3v) is 1.57. The van der Waals surface area contributed by atoms with Crippen LogP contribution in [0.4, 0.5) is 0 Å². The van der Waals surface area contributed by atoms with Crippen molar-refractivity contribution in [3.8, 4) is 0 Å². The van der Waals surface area contributed by atoms with Crippen LogP contribution in [-0.2, 0) is 18.2 Å². The molecule has 0 rings (SSSR count). The largest absolute Gasteiger partial charge is 1.00 e. The molecule has 0 saturated heterocycles. The van der Waals surface area contributed by atoms with Crippen molar-refractivity contribution in [2.75, 3.05) is 13.2 Å². The fourth-order valence-electron chi connectivity index (χ4n) is 0.236. The van der Waals surface area contributed by atoms with Gasteiger partial charge in [0.25, 0.3) is 0 Å². The van der Waals surface area contributed by atoms with Crippen molar-refractivity contribution in [3.05, 3.63) is 0 Å². The Morgan fingerprint density at radius 1 is 0.929 bits per heavy atom. The van der Waals surface area contributed by atoms with E-state index in [0.29, 0.717) is 0 Å². The van der Waals surface area contributed by atoms with Crippen LogP contribution in [-0.4, -0.2) is 13.2 Å². The van der Waals surface area contributed by atoms with Gasteiger partial charge in [0.15, 0.2) is 0 Å². The molecule has 0 fully saturated rings. The number of hydrogen-bond donors (Lipinski definition) is 0. The molecule has 0 aromatic heterocycles. The molecule has 0 aliphatic rings. The van der Waals surface area contributed by atoms with Crippen LogP contribution in [0.25, 0.3) is 0 Å². The average Bonchev–Trinajstić information content (AvgIpc) is 1.87. The fraction of sp³-hybridized carbons (Fsp3) is 1.00. The Bertz CT molecular complexity index is 130. The van der Waals surface area contributed by atoms with Gasteiger partial charge in [-0.2, -0.15) is 0 Å². The summed E-state index contributed by atoms with van der Waals surface area (Å²) in [5, 5.41) is 0. The zero-order valence-corrected chi connectivity index (χ0v) is 14.9. The van der Waals surface area contributed by atoms with E-state index in [4.69, 9.17) is 0 Å². The Hall–Kier alpha value is 2.30. The van der Waals surface area contributed by atoms with Crippen molar-refractivity contribution in [2.45, 2.75) is 13.8 Å². The molecule has 0 radical (unpaired) electrons. The predicted molar refractivity (Wildman–Crippen MR) is 41.3 cm³/mol. The quantitative estimate of drug-likeness (QED) is 0.370. The van der Waals surface area contributed by atoms with Gasteiger partial charge in [-0.05, 0) is 13.8 Å². The van der Waals surface area contributed by atoms with E-state index < -0.39 is 16.5 Å². The molecule has 0 spiro atoms. The van der Waals surface area contributed by atoms with Crippen molar-refractivity contribution in [1.29, 1.82) is 0 Å². The first-order chi connectivity index (χ1) is 5.54. The molecular weight excluding hydrogens is 252 g/mol. The second-order valence-electron chi connectivity index (χ2n) is 1.37. The third-order valence-electron chi connectivity index (χ3n) is 0.524. The minimum absolute atomic E-state index is 0. The second-order valence-corrected chi connectivity index (χ2v) is 2.94. The maximum absolute atomic E-state index is 9.45. The van der Waals surface area contributed by atoms with Crippen LogP contribution in [0.1, 0.15) is 13.8 Å². The van der Waals surface area contributed by atoms with Gasteiger partial charge < -0.3 is 28.0 Å².